The minimum absolute atomic E-state index is 0.0434. The fraction of sp³-hybridized carbons (Fsp3) is 0.292. The number of aromatic nitrogens is 4. The fourth-order valence-electron chi connectivity index (χ4n) is 4.25. The molecule has 0 bridgehead atoms. The molecule has 4 aromatic rings. The van der Waals surface area contributed by atoms with E-state index >= 15 is 0 Å². The van der Waals surface area contributed by atoms with Gasteiger partial charge in [0, 0.05) is 61.8 Å². The Kier molecular flexibility index (Phi) is 5.78. The number of amides is 1. The summed E-state index contributed by atoms with van der Waals surface area (Å²) in [6.45, 7) is 2.65. The van der Waals surface area contributed by atoms with Crippen molar-refractivity contribution in [3.8, 4) is 11.1 Å². The van der Waals surface area contributed by atoms with Crippen molar-refractivity contribution < 1.29 is 9.90 Å². The summed E-state index contributed by atoms with van der Waals surface area (Å²) in [5, 5.41) is 19.8. The average molecular weight is 465 g/mol. The average Bonchev–Trinajstić information content (AvgIpc) is 3.45. The maximum atomic E-state index is 12.7. The number of piperazine rings is 1. The number of hydrogen-bond donors (Lipinski definition) is 1. The molecule has 1 fully saturated rings. The van der Waals surface area contributed by atoms with Crippen LogP contribution in [0.2, 0.25) is 5.02 Å². The first-order chi connectivity index (χ1) is 16.0. The van der Waals surface area contributed by atoms with Crippen LogP contribution in [0.1, 0.15) is 18.1 Å². The van der Waals surface area contributed by atoms with Crippen LogP contribution in [0.5, 0.6) is 0 Å². The first kappa shape index (κ1) is 21.5. The van der Waals surface area contributed by atoms with Gasteiger partial charge >= 0.3 is 0 Å². The standard InChI is InChI=1S/C24H25ClN6O2/c1-28-15-19(13-26-28)18-4-7-21-22(14-27-31(21)16-18)29-8-10-30(11-9-29)24(33)12-23(32)17-2-5-20(25)6-3-17/h2-7,13-16,23,32H,8-12H2,1H3. The minimum Gasteiger partial charge on any atom is -0.388 e. The van der Waals surface area contributed by atoms with E-state index in [0.29, 0.717) is 36.8 Å². The number of hydrogen-bond acceptors (Lipinski definition) is 5. The lowest BCUT2D eigenvalue weighted by Gasteiger charge is -2.36. The molecule has 1 saturated heterocycles. The summed E-state index contributed by atoms with van der Waals surface area (Å²) >= 11 is 5.90. The molecule has 1 N–H and O–H groups in total. The predicted molar refractivity (Wildman–Crippen MR) is 127 cm³/mol. The predicted octanol–water partition coefficient (Wildman–Crippen LogP) is 3.16. The van der Waals surface area contributed by atoms with Crippen molar-refractivity contribution in [2.75, 3.05) is 31.1 Å². The molecule has 8 nitrogen and oxygen atoms in total. The Balaban J connectivity index is 1.22. The number of carbonyl (C=O) groups excluding carboxylic acids is 1. The number of aliphatic hydroxyl groups is 1. The van der Waals surface area contributed by atoms with Crippen LogP contribution in [0.15, 0.2) is 61.2 Å². The first-order valence-electron chi connectivity index (χ1n) is 10.9. The van der Waals surface area contributed by atoms with E-state index < -0.39 is 6.10 Å². The molecule has 3 aromatic heterocycles. The van der Waals surface area contributed by atoms with E-state index in [2.05, 4.69) is 27.2 Å². The van der Waals surface area contributed by atoms with Gasteiger partial charge in [0.2, 0.25) is 5.91 Å². The SMILES string of the molecule is Cn1cc(-c2ccc3c(N4CCN(C(=O)CC(O)c5ccc(Cl)cc5)CC4)cnn3c2)cn1. The summed E-state index contributed by atoms with van der Waals surface area (Å²) in [6, 6.07) is 11.1. The summed E-state index contributed by atoms with van der Waals surface area (Å²) in [7, 11) is 1.90. The zero-order valence-electron chi connectivity index (χ0n) is 18.3. The molecule has 0 saturated carbocycles. The molecule has 0 radical (unpaired) electrons. The molecule has 1 aliphatic rings. The van der Waals surface area contributed by atoms with Gasteiger partial charge in [-0.1, -0.05) is 29.8 Å². The highest BCUT2D eigenvalue weighted by Crippen LogP contribution is 2.27. The van der Waals surface area contributed by atoms with Crippen LogP contribution in [0.3, 0.4) is 0 Å². The van der Waals surface area contributed by atoms with Crippen molar-refractivity contribution >= 4 is 28.7 Å². The molecule has 1 atom stereocenters. The highest BCUT2D eigenvalue weighted by Gasteiger charge is 2.25. The van der Waals surface area contributed by atoms with E-state index in [1.165, 1.54) is 0 Å². The monoisotopic (exact) mass is 464 g/mol. The molecule has 4 heterocycles. The Morgan fingerprint density at radius 2 is 1.76 bits per heavy atom. The number of carbonyl (C=O) groups is 1. The number of anilines is 1. The number of aliphatic hydroxyl groups excluding tert-OH is 1. The number of benzene rings is 1. The van der Waals surface area contributed by atoms with Gasteiger partial charge in [-0.3, -0.25) is 9.48 Å². The molecule has 5 rings (SSSR count). The highest BCUT2D eigenvalue weighted by atomic mass is 35.5. The van der Waals surface area contributed by atoms with Crippen molar-refractivity contribution in [3.63, 3.8) is 0 Å². The van der Waals surface area contributed by atoms with E-state index in [1.54, 1.807) is 28.9 Å². The maximum Gasteiger partial charge on any atom is 0.225 e. The second kappa shape index (κ2) is 8.88. The maximum absolute atomic E-state index is 12.7. The van der Waals surface area contributed by atoms with Gasteiger partial charge in [-0.15, -0.1) is 0 Å². The lowest BCUT2D eigenvalue weighted by molar-refractivity contribution is -0.133. The molecule has 1 aliphatic heterocycles. The molecule has 33 heavy (non-hydrogen) atoms. The molecule has 9 heteroatoms. The van der Waals surface area contributed by atoms with Gasteiger partial charge < -0.3 is 14.9 Å². The van der Waals surface area contributed by atoms with Crippen LogP contribution >= 0.6 is 11.6 Å². The Bertz CT molecular complexity index is 1270. The van der Waals surface area contributed by atoms with Crippen molar-refractivity contribution in [1.82, 2.24) is 24.3 Å². The third kappa shape index (κ3) is 4.44. The van der Waals surface area contributed by atoms with Gasteiger partial charge in [0.15, 0.2) is 0 Å². The van der Waals surface area contributed by atoms with E-state index in [9.17, 15) is 9.90 Å². The van der Waals surface area contributed by atoms with Crippen LogP contribution in [-0.2, 0) is 11.8 Å². The highest BCUT2D eigenvalue weighted by molar-refractivity contribution is 6.30. The van der Waals surface area contributed by atoms with Gasteiger partial charge in [0.1, 0.15) is 0 Å². The van der Waals surface area contributed by atoms with Crippen LogP contribution in [0, 0.1) is 0 Å². The molecular formula is C24H25ClN6O2. The third-order valence-electron chi connectivity index (χ3n) is 6.13. The Morgan fingerprint density at radius 1 is 1.00 bits per heavy atom. The Hall–Kier alpha value is -3.36. The quantitative estimate of drug-likeness (QED) is 0.491. The zero-order valence-corrected chi connectivity index (χ0v) is 19.1. The molecule has 170 valence electrons. The van der Waals surface area contributed by atoms with Crippen molar-refractivity contribution in [3.05, 3.63) is 71.8 Å². The van der Waals surface area contributed by atoms with Crippen LogP contribution in [0.25, 0.3) is 16.6 Å². The second-order valence-electron chi connectivity index (χ2n) is 8.32. The minimum atomic E-state index is -0.832. The summed E-state index contributed by atoms with van der Waals surface area (Å²) in [6.07, 6.45) is 6.94. The van der Waals surface area contributed by atoms with Crippen molar-refractivity contribution in [2.24, 2.45) is 7.05 Å². The Morgan fingerprint density at radius 3 is 2.45 bits per heavy atom. The summed E-state index contributed by atoms with van der Waals surface area (Å²) in [5.41, 5.74) is 4.88. The lowest BCUT2D eigenvalue weighted by atomic mass is 10.1. The lowest BCUT2D eigenvalue weighted by Crippen LogP contribution is -2.49. The molecule has 1 unspecified atom stereocenters. The largest absolute Gasteiger partial charge is 0.388 e. The van der Waals surface area contributed by atoms with Crippen LogP contribution in [0.4, 0.5) is 5.69 Å². The van der Waals surface area contributed by atoms with E-state index in [0.717, 1.165) is 22.3 Å². The smallest absolute Gasteiger partial charge is 0.225 e. The molecular weight excluding hydrogens is 440 g/mol. The van der Waals surface area contributed by atoms with Crippen LogP contribution in [-0.4, -0.2) is 61.5 Å². The molecule has 1 aromatic carbocycles. The van der Waals surface area contributed by atoms with Gasteiger partial charge in [-0.25, -0.2) is 4.52 Å². The summed E-state index contributed by atoms with van der Waals surface area (Å²) in [5.74, 6) is -0.0434. The number of fused-ring (bicyclic) bond motifs is 1. The fourth-order valence-corrected chi connectivity index (χ4v) is 4.38. The number of rotatable bonds is 5. The topological polar surface area (TPSA) is 78.9 Å². The first-order valence-corrected chi connectivity index (χ1v) is 11.3. The van der Waals surface area contributed by atoms with Gasteiger partial charge in [-0.2, -0.15) is 10.2 Å². The van der Waals surface area contributed by atoms with E-state index in [-0.39, 0.29) is 12.3 Å². The van der Waals surface area contributed by atoms with Crippen LogP contribution < -0.4 is 4.90 Å². The zero-order chi connectivity index (χ0) is 22.9. The summed E-state index contributed by atoms with van der Waals surface area (Å²) < 4.78 is 3.67. The third-order valence-corrected chi connectivity index (χ3v) is 6.38. The van der Waals surface area contributed by atoms with Crippen molar-refractivity contribution in [2.45, 2.75) is 12.5 Å². The van der Waals surface area contributed by atoms with Gasteiger partial charge in [0.05, 0.1) is 36.1 Å². The molecule has 1 amide bonds. The number of nitrogens with zero attached hydrogens (tertiary/aromatic N) is 6. The summed E-state index contributed by atoms with van der Waals surface area (Å²) in [4.78, 5) is 16.8. The Labute approximate surface area is 196 Å². The molecule has 0 aliphatic carbocycles. The number of pyridine rings is 1. The van der Waals surface area contributed by atoms with E-state index in [4.69, 9.17) is 11.6 Å². The second-order valence-corrected chi connectivity index (χ2v) is 8.76. The molecule has 0 spiro atoms. The number of aryl methyl sites for hydroxylation is 1. The van der Waals surface area contributed by atoms with Gasteiger partial charge in [-0.05, 0) is 23.8 Å². The van der Waals surface area contributed by atoms with Gasteiger partial charge in [0.25, 0.3) is 0 Å². The van der Waals surface area contributed by atoms with Crippen molar-refractivity contribution in [1.29, 1.82) is 0 Å². The normalized spacial score (nSPS) is 15.2. The van der Waals surface area contributed by atoms with E-state index in [1.807, 2.05) is 41.3 Å². The number of halogens is 1.